The molecule has 0 aromatic heterocycles. The lowest BCUT2D eigenvalue weighted by atomic mass is 9.72. The number of hydrogen-bond donors (Lipinski definition) is 2. The molecule has 1 aliphatic carbocycles. The number of nitrogens with one attached hydrogen (secondary N) is 1. The van der Waals surface area contributed by atoms with Crippen LogP contribution in [0.15, 0.2) is 24.3 Å². The lowest BCUT2D eigenvalue weighted by Gasteiger charge is -2.42. The van der Waals surface area contributed by atoms with E-state index in [1.165, 1.54) is 24.1 Å². The standard InChI is InChI=1S/C17H27NO/c1-13(2)15-8-6-10-17(11-15,12-19)18-16-9-5-4-7-14(16)3/h4-5,7,9,13,15,18-19H,6,8,10-12H2,1-3H3. The van der Waals surface area contributed by atoms with Crippen molar-refractivity contribution in [2.75, 3.05) is 11.9 Å². The third-order valence-electron chi connectivity index (χ3n) is 4.67. The van der Waals surface area contributed by atoms with Crippen LogP contribution in [0.1, 0.15) is 45.1 Å². The summed E-state index contributed by atoms with van der Waals surface area (Å²) in [5.74, 6) is 1.42. The Labute approximate surface area is 117 Å². The van der Waals surface area contributed by atoms with Crippen molar-refractivity contribution in [1.82, 2.24) is 0 Å². The van der Waals surface area contributed by atoms with E-state index in [1.54, 1.807) is 0 Å². The number of rotatable bonds is 4. The second-order valence-corrected chi connectivity index (χ2v) is 6.48. The predicted molar refractivity (Wildman–Crippen MR) is 81.4 cm³/mol. The highest BCUT2D eigenvalue weighted by molar-refractivity contribution is 5.52. The fraction of sp³-hybridized carbons (Fsp3) is 0.647. The predicted octanol–water partition coefficient (Wildman–Crippen LogP) is 3.98. The van der Waals surface area contributed by atoms with Gasteiger partial charge in [0.25, 0.3) is 0 Å². The molecule has 1 saturated carbocycles. The summed E-state index contributed by atoms with van der Waals surface area (Å²) in [7, 11) is 0. The van der Waals surface area contributed by atoms with Gasteiger partial charge in [-0.05, 0) is 43.2 Å². The Morgan fingerprint density at radius 1 is 1.37 bits per heavy atom. The lowest BCUT2D eigenvalue weighted by molar-refractivity contribution is 0.126. The van der Waals surface area contributed by atoms with Crippen molar-refractivity contribution >= 4 is 5.69 Å². The molecule has 0 spiro atoms. The highest BCUT2D eigenvalue weighted by Crippen LogP contribution is 2.38. The van der Waals surface area contributed by atoms with Gasteiger partial charge in [-0.3, -0.25) is 0 Å². The molecule has 0 saturated heterocycles. The molecule has 2 atom stereocenters. The highest BCUT2D eigenvalue weighted by Gasteiger charge is 2.36. The van der Waals surface area contributed by atoms with E-state index in [4.69, 9.17) is 0 Å². The van der Waals surface area contributed by atoms with Gasteiger partial charge < -0.3 is 10.4 Å². The smallest absolute Gasteiger partial charge is 0.0661 e. The van der Waals surface area contributed by atoms with E-state index in [-0.39, 0.29) is 12.1 Å². The quantitative estimate of drug-likeness (QED) is 0.859. The second-order valence-electron chi connectivity index (χ2n) is 6.48. The van der Waals surface area contributed by atoms with Gasteiger partial charge in [-0.25, -0.2) is 0 Å². The summed E-state index contributed by atoms with van der Waals surface area (Å²) in [6.45, 7) is 6.94. The maximum atomic E-state index is 9.93. The number of anilines is 1. The fourth-order valence-electron chi connectivity index (χ4n) is 3.27. The lowest BCUT2D eigenvalue weighted by Crippen LogP contribution is -2.47. The van der Waals surface area contributed by atoms with E-state index in [1.807, 2.05) is 0 Å². The van der Waals surface area contributed by atoms with Gasteiger partial charge in [0, 0.05) is 5.69 Å². The van der Waals surface area contributed by atoms with Crippen LogP contribution in [0.5, 0.6) is 0 Å². The zero-order valence-corrected chi connectivity index (χ0v) is 12.4. The van der Waals surface area contributed by atoms with Crippen LogP contribution >= 0.6 is 0 Å². The van der Waals surface area contributed by atoms with Crippen molar-refractivity contribution < 1.29 is 5.11 Å². The maximum Gasteiger partial charge on any atom is 0.0661 e. The van der Waals surface area contributed by atoms with E-state index < -0.39 is 0 Å². The third-order valence-corrected chi connectivity index (χ3v) is 4.67. The summed E-state index contributed by atoms with van der Waals surface area (Å²) in [5, 5.41) is 13.6. The van der Waals surface area contributed by atoms with Gasteiger partial charge in [0.15, 0.2) is 0 Å². The summed E-state index contributed by atoms with van der Waals surface area (Å²) in [4.78, 5) is 0. The van der Waals surface area contributed by atoms with Crippen LogP contribution in [-0.4, -0.2) is 17.3 Å². The van der Waals surface area contributed by atoms with Crippen LogP contribution in [0, 0.1) is 18.8 Å². The average molecular weight is 261 g/mol. The Kier molecular flexibility index (Phi) is 4.51. The molecule has 0 radical (unpaired) electrons. The van der Waals surface area contributed by atoms with Crippen molar-refractivity contribution in [2.24, 2.45) is 11.8 Å². The summed E-state index contributed by atoms with van der Waals surface area (Å²) >= 11 is 0. The Morgan fingerprint density at radius 2 is 2.11 bits per heavy atom. The largest absolute Gasteiger partial charge is 0.394 e. The Balaban J connectivity index is 2.16. The van der Waals surface area contributed by atoms with Gasteiger partial charge >= 0.3 is 0 Å². The SMILES string of the molecule is Cc1ccccc1NC1(CO)CCCC(C(C)C)C1. The third kappa shape index (κ3) is 3.30. The molecule has 0 heterocycles. The molecule has 0 amide bonds. The topological polar surface area (TPSA) is 32.3 Å². The Morgan fingerprint density at radius 3 is 2.74 bits per heavy atom. The van der Waals surface area contributed by atoms with E-state index in [0.717, 1.165) is 18.8 Å². The first-order chi connectivity index (χ1) is 9.06. The van der Waals surface area contributed by atoms with E-state index >= 15 is 0 Å². The van der Waals surface area contributed by atoms with Crippen molar-refractivity contribution in [3.05, 3.63) is 29.8 Å². The molecule has 1 aromatic rings. The molecule has 2 unspecified atom stereocenters. The van der Waals surface area contributed by atoms with Crippen LogP contribution in [-0.2, 0) is 0 Å². The molecule has 0 bridgehead atoms. The first-order valence-corrected chi connectivity index (χ1v) is 7.51. The second kappa shape index (κ2) is 5.96. The molecule has 1 fully saturated rings. The van der Waals surface area contributed by atoms with E-state index in [9.17, 15) is 5.11 Å². The molecule has 19 heavy (non-hydrogen) atoms. The molecule has 2 N–H and O–H groups in total. The number of aliphatic hydroxyl groups excluding tert-OH is 1. The van der Waals surface area contributed by atoms with Gasteiger partial charge in [-0.1, -0.05) is 44.9 Å². The Hall–Kier alpha value is -1.02. The summed E-state index contributed by atoms with van der Waals surface area (Å²) < 4.78 is 0. The fourth-order valence-corrected chi connectivity index (χ4v) is 3.27. The van der Waals surface area contributed by atoms with Gasteiger partial charge in [0.2, 0.25) is 0 Å². The number of aliphatic hydroxyl groups is 1. The van der Waals surface area contributed by atoms with E-state index in [2.05, 4.69) is 50.4 Å². The molecular weight excluding hydrogens is 234 g/mol. The molecule has 2 nitrogen and oxygen atoms in total. The van der Waals surface area contributed by atoms with Crippen LogP contribution < -0.4 is 5.32 Å². The van der Waals surface area contributed by atoms with Crippen LogP contribution in [0.25, 0.3) is 0 Å². The normalized spacial score (nSPS) is 27.5. The van der Waals surface area contributed by atoms with E-state index in [0.29, 0.717) is 5.92 Å². The molecular formula is C17H27NO. The first kappa shape index (κ1) is 14.4. The average Bonchev–Trinajstić information content (AvgIpc) is 2.42. The minimum Gasteiger partial charge on any atom is -0.394 e. The van der Waals surface area contributed by atoms with Crippen LogP contribution in [0.3, 0.4) is 0 Å². The summed E-state index contributed by atoms with van der Waals surface area (Å²) in [6, 6.07) is 8.36. The minimum absolute atomic E-state index is 0.126. The van der Waals surface area contributed by atoms with Gasteiger partial charge in [-0.15, -0.1) is 0 Å². The maximum absolute atomic E-state index is 9.93. The number of hydrogen-bond acceptors (Lipinski definition) is 2. The number of benzene rings is 1. The zero-order valence-electron chi connectivity index (χ0n) is 12.4. The number of para-hydroxylation sites is 1. The van der Waals surface area contributed by atoms with Crippen molar-refractivity contribution in [3.8, 4) is 0 Å². The zero-order chi connectivity index (χ0) is 13.9. The summed E-state index contributed by atoms with van der Waals surface area (Å²) in [6.07, 6.45) is 4.66. The monoisotopic (exact) mass is 261 g/mol. The molecule has 1 aliphatic rings. The van der Waals surface area contributed by atoms with Gasteiger partial charge in [0.05, 0.1) is 12.1 Å². The highest BCUT2D eigenvalue weighted by atomic mass is 16.3. The van der Waals surface area contributed by atoms with Crippen molar-refractivity contribution in [3.63, 3.8) is 0 Å². The van der Waals surface area contributed by atoms with Gasteiger partial charge in [-0.2, -0.15) is 0 Å². The van der Waals surface area contributed by atoms with Gasteiger partial charge in [0.1, 0.15) is 0 Å². The summed E-state index contributed by atoms with van der Waals surface area (Å²) in [5.41, 5.74) is 2.29. The van der Waals surface area contributed by atoms with Crippen LogP contribution in [0.2, 0.25) is 0 Å². The molecule has 1 aromatic carbocycles. The number of aryl methyl sites for hydroxylation is 1. The molecule has 2 rings (SSSR count). The van der Waals surface area contributed by atoms with Crippen molar-refractivity contribution in [1.29, 1.82) is 0 Å². The molecule has 106 valence electrons. The van der Waals surface area contributed by atoms with Crippen LogP contribution in [0.4, 0.5) is 5.69 Å². The molecule has 2 heteroatoms. The van der Waals surface area contributed by atoms with Crippen molar-refractivity contribution in [2.45, 2.75) is 52.0 Å². The Bertz CT molecular complexity index is 415. The first-order valence-electron chi connectivity index (χ1n) is 7.51. The minimum atomic E-state index is -0.126. The molecule has 0 aliphatic heterocycles.